The molecule has 0 aliphatic rings. The summed E-state index contributed by atoms with van der Waals surface area (Å²) >= 11 is 0. The number of hydrogen-bond donors (Lipinski definition) is 2. The zero-order valence-corrected chi connectivity index (χ0v) is 12.7. The third-order valence-corrected chi connectivity index (χ3v) is 4.08. The molecule has 0 aliphatic carbocycles. The molecule has 0 aromatic carbocycles. The van der Waals surface area contributed by atoms with Gasteiger partial charge in [0.25, 0.3) is 0 Å². The fourth-order valence-corrected chi connectivity index (χ4v) is 2.77. The molecule has 2 nitrogen and oxygen atoms in total. The Morgan fingerprint density at radius 3 is 1.72 bits per heavy atom. The molecule has 110 valence electrons. The fraction of sp³-hybridized carbons (Fsp3) is 1.00. The van der Waals surface area contributed by atoms with E-state index in [-0.39, 0.29) is 12.7 Å². The van der Waals surface area contributed by atoms with Crippen molar-refractivity contribution < 1.29 is 10.2 Å². The lowest BCUT2D eigenvalue weighted by molar-refractivity contribution is 0.0322. The molecule has 18 heavy (non-hydrogen) atoms. The SMILES string of the molecule is CCCCC(CC)C(O)C(CCCC)CCCO. The molecule has 0 saturated carbocycles. The third-order valence-electron chi connectivity index (χ3n) is 4.08. The second-order valence-electron chi connectivity index (χ2n) is 5.57. The molecule has 0 fully saturated rings. The number of hydrogen-bond acceptors (Lipinski definition) is 2. The molecule has 0 aromatic heterocycles. The minimum absolute atomic E-state index is 0.167. The number of rotatable bonds is 12. The van der Waals surface area contributed by atoms with Gasteiger partial charge in [-0.2, -0.15) is 0 Å². The van der Waals surface area contributed by atoms with Crippen molar-refractivity contribution in [3.8, 4) is 0 Å². The summed E-state index contributed by atoms with van der Waals surface area (Å²) < 4.78 is 0. The first-order valence-corrected chi connectivity index (χ1v) is 8.00. The Balaban J connectivity index is 4.31. The highest BCUT2D eigenvalue weighted by Gasteiger charge is 2.25. The minimum atomic E-state index is -0.167. The fourth-order valence-electron chi connectivity index (χ4n) is 2.77. The lowest BCUT2D eigenvalue weighted by atomic mass is 9.81. The summed E-state index contributed by atoms with van der Waals surface area (Å²) in [5.41, 5.74) is 0. The van der Waals surface area contributed by atoms with Crippen molar-refractivity contribution in [3.63, 3.8) is 0 Å². The molecule has 0 saturated heterocycles. The molecule has 0 spiro atoms. The quantitative estimate of drug-likeness (QED) is 0.552. The van der Waals surface area contributed by atoms with Crippen LogP contribution in [0.25, 0.3) is 0 Å². The van der Waals surface area contributed by atoms with E-state index in [9.17, 15) is 5.11 Å². The molecular formula is C16H34O2. The van der Waals surface area contributed by atoms with E-state index >= 15 is 0 Å². The van der Waals surface area contributed by atoms with Gasteiger partial charge in [0.1, 0.15) is 0 Å². The third kappa shape index (κ3) is 7.38. The summed E-state index contributed by atoms with van der Waals surface area (Å²) in [5.74, 6) is 0.837. The predicted molar refractivity (Wildman–Crippen MR) is 78.6 cm³/mol. The van der Waals surface area contributed by atoms with Crippen LogP contribution < -0.4 is 0 Å². The maximum absolute atomic E-state index is 10.6. The Morgan fingerprint density at radius 2 is 1.28 bits per heavy atom. The summed E-state index contributed by atoms with van der Waals surface area (Å²) in [5, 5.41) is 19.5. The molecule has 0 radical (unpaired) electrons. The van der Waals surface area contributed by atoms with Crippen LogP contribution in [0.15, 0.2) is 0 Å². The lowest BCUT2D eigenvalue weighted by Crippen LogP contribution is -2.29. The van der Waals surface area contributed by atoms with Gasteiger partial charge in [0, 0.05) is 6.61 Å². The van der Waals surface area contributed by atoms with E-state index in [0.29, 0.717) is 11.8 Å². The lowest BCUT2D eigenvalue weighted by Gasteiger charge is -2.29. The second kappa shape index (κ2) is 12.0. The summed E-state index contributed by atoms with van der Waals surface area (Å²) in [6, 6.07) is 0. The highest BCUT2D eigenvalue weighted by Crippen LogP contribution is 2.28. The Kier molecular flexibility index (Phi) is 11.9. The van der Waals surface area contributed by atoms with Gasteiger partial charge in [-0.3, -0.25) is 0 Å². The average Bonchev–Trinajstić information content (AvgIpc) is 2.39. The van der Waals surface area contributed by atoms with E-state index in [4.69, 9.17) is 5.11 Å². The molecule has 3 atom stereocenters. The average molecular weight is 258 g/mol. The Morgan fingerprint density at radius 1 is 0.778 bits per heavy atom. The first-order valence-electron chi connectivity index (χ1n) is 8.00. The maximum Gasteiger partial charge on any atom is 0.0596 e. The van der Waals surface area contributed by atoms with Crippen LogP contribution in [0.1, 0.15) is 78.6 Å². The van der Waals surface area contributed by atoms with Crippen LogP contribution in [0.3, 0.4) is 0 Å². The van der Waals surface area contributed by atoms with Crippen LogP contribution >= 0.6 is 0 Å². The van der Waals surface area contributed by atoms with Crippen molar-refractivity contribution >= 4 is 0 Å². The largest absolute Gasteiger partial charge is 0.396 e. The normalized spacial score (nSPS) is 16.5. The van der Waals surface area contributed by atoms with E-state index in [1.807, 2.05) is 0 Å². The van der Waals surface area contributed by atoms with Crippen LogP contribution in [-0.2, 0) is 0 Å². The number of unbranched alkanes of at least 4 members (excludes halogenated alkanes) is 2. The van der Waals surface area contributed by atoms with E-state index in [2.05, 4.69) is 20.8 Å². The summed E-state index contributed by atoms with van der Waals surface area (Å²) in [7, 11) is 0. The van der Waals surface area contributed by atoms with Crippen LogP contribution in [0, 0.1) is 11.8 Å². The van der Waals surface area contributed by atoms with Crippen LogP contribution in [0.5, 0.6) is 0 Å². The molecular weight excluding hydrogens is 224 g/mol. The van der Waals surface area contributed by atoms with Crippen LogP contribution in [0.4, 0.5) is 0 Å². The molecule has 0 aromatic rings. The van der Waals surface area contributed by atoms with Crippen molar-refractivity contribution in [2.75, 3.05) is 6.61 Å². The van der Waals surface area contributed by atoms with Crippen LogP contribution in [-0.4, -0.2) is 22.9 Å². The number of aliphatic hydroxyl groups excluding tert-OH is 2. The van der Waals surface area contributed by atoms with Gasteiger partial charge in [0.2, 0.25) is 0 Å². The van der Waals surface area contributed by atoms with Crippen molar-refractivity contribution in [1.82, 2.24) is 0 Å². The van der Waals surface area contributed by atoms with Gasteiger partial charge < -0.3 is 10.2 Å². The van der Waals surface area contributed by atoms with Gasteiger partial charge in [0.05, 0.1) is 6.10 Å². The van der Waals surface area contributed by atoms with Gasteiger partial charge in [-0.25, -0.2) is 0 Å². The minimum Gasteiger partial charge on any atom is -0.396 e. The van der Waals surface area contributed by atoms with Gasteiger partial charge in [-0.15, -0.1) is 0 Å². The summed E-state index contributed by atoms with van der Waals surface area (Å²) in [6.45, 7) is 6.84. The summed E-state index contributed by atoms with van der Waals surface area (Å²) in [4.78, 5) is 0. The Labute approximate surface area is 114 Å². The first kappa shape index (κ1) is 17.9. The smallest absolute Gasteiger partial charge is 0.0596 e. The molecule has 0 amide bonds. The highest BCUT2D eigenvalue weighted by atomic mass is 16.3. The zero-order chi connectivity index (χ0) is 13.8. The molecule has 2 heteroatoms. The monoisotopic (exact) mass is 258 g/mol. The standard InChI is InChI=1S/C16H34O2/c1-4-7-10-14(6-3)16(18)15(11-8-5-2)12-9-13-17/h14-18H,4-13H2,1-3H3. The Hall–Kier alpha value is -0.0800. The molecule has 2 N–H and O–H groups in total. The zero-order valence-electron chi connectivity index (χ0n) is 12.7. The van der Waals surface area contributed by atoms with E-state index in [1.54, 1.807) is 0 Å². The van der Waals surface area contributed by atoms with Gasteiger partial charge in [0.15, 0.2) is 0 Å². The van der Waals surface area contributed by atoms with Crippen molar-refractivity contribution in [3.05, 3.63) is 0 Å². The highest BCUT2D eigenvalue weighted by molar-refractivity contribution is 4.76. The van der Waals surface area contributed by atoms with Crippen molar-refractivity contribution in [2.45, 2.75) is 84.7 Å². The summed E-state index contributed by atoms with van der Waals surface area (Å²) in [6.07, 6.45) is 9.77. The number of aliphatic hydroxyl groups is 2. The topological polar surface area (TPSA) is 40.5 Å². The molecule has 0 aliphatic heterocycles. The van der Waals surface area contributed by atoms with Crippen molar-refractivity contribution in [1.29, 1.82) is 0 Å². The van der Waals surface area contributed by atoms with Gasteiger partial charge >= 0.3 is 0 Å². The molecule has 0 heterocycles. The first-order chi connectivity index (χ1) is 8.71. The van der Waals surface area contributed by atoms with Gasteiger partial charge in [-0.05, 0) is 37.5 Å². The molecule has 0 rings (SSSR count). The Bertz CT molecular complexity index is 162. The van der Waals surface area contributed by atoms with E-state index in [0.717, 1.165) is 32.1 Å². The van der Waals surface area contributed by atoms with Crippen LogP contribution in [0.2, 0.25) is 0 Å². The van der Waals surface area contributed by atoms with E-state index < -0.39 is 0 Å². The molecule has 3 unspecified atom stereocenters. The van der Waals surface area contributed by atoms with Crippen molar-refractivity contribution in [2.24, 2.45) is 11.8 Å². The van der Waals surface area contributed by atoms with Gasteiger partial charge in [-0.1, -0.05) is 52.9 Å². The second-order valence-corrected chi connectivity index (χ2v) is 5.57. The maximum atomic E-state index is 10.6. The van der Waals surface area contributed by atoms with E-state index in [1.165, 1.54) is 25.7 Å². The predicted octanol–water partition coefficient (Wildman–Crippen LogP) is 4.14. The molecule has 0 bridgehead atoms.